The number of benzene rings is 1. The average molecular weight is 286 g/mol. The summed E-state index contributed by atoms with van der Waals surface area (Å²) in [5, 5.41) is 16.7. The number of hydrogen-bond donors (Lipinski definition) is 3. The van der Waals surface area contributed by atoms with Gasteiger partial charge in [-0.3, -0.25) is 0 Å². The van der Waals surface area contributed by atoms with Gasteiger partial charge < -0.3 is 15.8 Å². The van der Waals surface area contributed by atoms with E-state index in [1.165, 1.54) is 4.68 Å². The Kier molecular flexibility index (Phi) is 3.36. The molecule has 108 valence electrons. The van der Waals surface area contributed by atoms with Crippen LogP contribution in [0.4, 0.5) is 0 Å². The summed E-state index contributed by atoms with van der Waals surface area (Å²) in [4.78, 5) is 18.7. The monoisotopic (exact) mass is 286 g/mol. The highest BCUT2D eigenvalue weighted by Crippen LogP contribution is 2.13. The van der Waals surface area contributed by atoms with Crippen molar-refractivity contribution < 1.29 is 9.90 Å². The van der Waals surface area contributed by atoms with E-state index in [1.54, 1.807) is 0 Å². The second-order valence-corrected chi connectivity index (χ2v) is 4.59. The summed E-state index contributed by atoms with van der Waals surface area (Å²) in [6.45, 7) is 0.651. The zero-order valence-electron chi connectivity index (χ0n) is 11.2. The van der Waals surface area contributed by atoms with Crippen molar-refractivity contribution in [1.82, 2.24) is 25.0 Å². The van der Waals surface area contributed by atoms with E-state index in [9.17, 15) is 4.79 Å². The highest BCUT2D eigenvalue weighted by molar-refractivity contribution is 5.86. The van der Waals surface area contributed by atoms with E-state index in [2.05, 4.69) is 20.3 Å². The van der Waals surface area contributed by atoms with E-state index >= 15 is 0 Å². The van der Waals surface area contributed by atoms with Crippen molar-refractivity contribution in [3.05, 3.63) is 41.5 Å². The zero-order valence-corrected chi connectivity index (χ0v) is 11.2. The van der Waals surface area contributed by atoms with Crippen molar-refractivity contribution in [2.75, 3.05) is 6.54 Å². The van der Waals surface area contributed by atoms with Gasteiger partial charge in [-0.1, -0.05) is 17.3 Å². The first-order valence-corrected chi connectivity index (χ1v) is 6.48. The van der Waals surface area contributed by atoms with Crippen LogP contribution >= 0.6 is 0 Å². The molecule has 2 heterocycles. The summed E-state index contributed by atoms with van der Waals surface area (Å²) in [6, 6.07) is 7.66. The molecular weight excluding hydrogens is 272 g/mol. The summed E-state index contributed by atoms with van der Waals surface area (Å²) < 4.78 is 1.52. The number of aromatic carboxylic acids is 1. The molecule has 3 rings (SSSR count). The molecule has 4 N–H and O–H groups in total. The van der Waals surface area contributed by atoms with Crippen LogP contribution in [0.3, 0.4) is 0 Å². The second kappa shape index (κ2) is 5.33. The predicted molar refractivity (Wildman–Crippen MR) is 74.9 cm³/mol. The van der Waals surface area contributed by atoms with Crippen LogP contribution in [0.5, 0.6) is 0 Å². The number of nitrogens with one attached hydrogen (secondary N) is 1. The van der Waals surface area contributed by atoms with Crippen LogP contribution in [0.15, 0.2) is 24.3 Å². The van der Waals surface area contributed by atoms with Crippen LogP contribution < -0.4 is 5.73 Å². The van der Waals surface area contributed by atoms with Crippen molar-refractivity contribution in [1.29, 1.82) is 0 Å². The molecule has 8 heteroatoms. The molecule has 21 heavy (non-hydrogen) atoms. The Morgan fingerprint density at radius 3 is 2.90 bits per heavy atom. The number of hydrogen-bond acceptors (Lipinski definition) is 5. The number of nitrogens with two attached hydrogens (primary N) is 1. The van der Waals surface area contributed by atoms with Gasteiger partial charge in [-0.05, 0) is 18.7 Å². The number of aromatic nitrogens is 5. The highest BCUT2D eigenvalue weighted by Gasteiger charge is 2.19. The third-order valence-electron chi connectivity index (χ3n) is 3.16. The Morgan fingerprint density at radius 2 is 2.19 bits per heavy atom. The molecule has 8 nitrogen and oxygen atoms in total. The lowest BCUT2D eigenvalue weighted by atomic mass is 10.2. The summed E-state index contributed by atoms with van der Waals surface area (Å²) in [5.74, 6) is -0.411. The summed E-state index contributed by atoms with van der Waals surface area (Å²) in [6.07, 6.45) is 0.398. The highest BCUT2D eigenvalue weighted by atomic mass is 16.4. The van der Waals surface area contributed by atoms with E-state index in [0.29, 0.717) is 31.0 Å². The summed E-state index contributed by atoms with van der Waals surface area (Å²) >= 11 is 0. The van der Waals surface area contributed by atoms with Crippen molar-refractivity contribution >= 4 is 17.0 Å². The van der Waals surface area contributed by atoms with E-state index in [1.807, 2.05) is 24.3 Å². The molecule has 0 atom stereocenters. The molecule has 0 saturated heterocycles. The number of carbonyl (C=O) groups is 1. The van der Waals surface area contributed by atoms with Crippen LogP contribution in [0, 0.1) is 0 Å². The molecule has 1 aromatic carbocycles. The lowest BCUT2D eigenvalue weighted by molar-refractivity contribution is 0.0689. The largest absolute Gasteiger partial charge is 0.476 e. The number of carboxylic acids is 1. The predicted octanol–water partition coefficient (Wildman–Crippen LogP) is 0.402. The third-order valence-corrected chi connectivity index (χ3v) is 3.16. The minimum Gasteiger partial charge on any atom is -0.476 e. The van der Waals surface area contributed by atoms with Crippen LogP contribution in [0.2, 0.25) is 0 Å². The van der Waals surface area contributed by atoms with Crippen LogP contribution in [-0.4, -0.2) is 42.6 Å². The molecule has 0 aliphatic carbocycles. The molecule has 0 bridgehead atoms. The minimum absolute atomic E-state index is 0.0587. The van der Waals surface area contributed by atoms with Gasteiger partial charge in [0.05, 0.1) is 16.7 Å². The maximum atomic E-state index is 11.1. The van der Waals surface area contributed by atoms with Gasteiger partial charge in [0.25, 0.3) is 0 Å². The van der Waals surface area contributed by atoms with Crippen LogP contribution in [0.1, 0.15) is 22.0 Å². The quantitative estimate of drug-likeness (QED) is 0.624. The molecule has 0 saturated carbocycles. The fourth-order valence-corrected chi connectivity index (χ4v) is 2.23. The fraction of sp³-hybridized carbons (Fsp3) is 0.231. The molecule has 0 fully saturated rings. The van der Waals surface area contributed by atoms with Gasteiger partial charge in [0.15, 0.2) is 5.69 Å². The lowest BCUT2D eigenvalue weighted by Crippen LogP contribution is -2.14. The second-order valence-electron chi connectivity index (χ2n) is 4.59. The Hall–Kier alpha value is -2.74. The molecule has 0 amide bonds. The number of para-hydroxylation sites is 2. The normalized spacial score (nSPS) is 11.1. The number of aromatic amines is 1. The van der Waals surface area contributed by atoms with Gasteiger partial charge in [0.2, 0.25) is 0 Å². The van der Waals surface area contributed by atoms with Crippen LogP contribution in [-0.2, 0) is 13.0 Å². The Bertz CT molecular complexity index is 758. The number of nitrogens with zero attached hydrogens (tertiary/aromatic N) is 4. The number of imidazole rings is 1. The number of rotatable bonds is 5. The molecular formula is C13H14N6O2. The average Bonchev–Trinajstić information content (AvgIpc) is 3.03. The maximum absolute atomic E-state index is 11.1. The van der Waals surface area contributed by atoms with Crippen LogP contribution in [0.25, 0.3) is 11.0 Å². The van der Waals surface area contributed by atoms with E-state index in [4.69, 9.17) is 10.8 Å². The number of carboxylic acid groups (broad SMARTS) is 1. The molecule has 0 spiro atoms. The van der Waals surface area contributed by atoms with Gasteiger partial charge >= 0.3 is 5.97 Å². The summed E-state index contributed by atoms with van der Waals surface area (Å²) in [5.41, 5.74) is 7.75. The van der Waals surface area contributed by atoms with Crippen molar-refractivity contribution in [3.8, 4) is 0 Å². The van der Waals surface area contributed by atoms with E-state index in [0.717, 1.165) is 11.0 Å². The lowest BCUT2D eigenvalue weighted by Gasteiger charge is -2.03. The minimum atomic E-state index is -1.10. The number of H-pyrrole nitrogens is 1. The van der Waals surface area contributed by atoms with E-state index in [-0.39, 0.29) is 5.69 Å². The molecule has 2 aromatic heterocycles. The SMILES string of the molecule is NCCc1c(C(=O)O)nnn1Cc1nc2ccccc2[nH]1. The molecule has 0 aliphatic rings. The van der Waals surface area contributed by atoms with Crippen molar-refractivity contribution in [2.24, 2.45) is 5.73 Å². The first-order valence-electron chi connectivity index (χ1n) is 6.48. The van der Waals surface area contributed by atoms with Gasteiger partial charge in [-0.2, -0.15) is 0 Å². The standard InChI is InChI=1S/C13H14N6O2/c14-6-5-10-12(13(20)21)17-18-19(10)7-11-15-8-3-1-2-4-9(8)16-11/h1-4H,5-7,14H2,(H,15,16)(H,20,21). The van der Waals surface area contributed by atoms with Gasteiger partial charge in [-0.15, -0.1) is 5.10 Å². The molecule has 3 aromatic rings. The van der Waals surface area contributed by atoms with Crippen molar-refractivity contribution in [2.45, 2.75) is 13.0 Å². The topological polar surface area (TPSA) is 123 Å². The maximum Gasteiger partial charge on any atom is 0.358 e. The first kappa shape index (κ1) is 13.3. The molecule has 0 radical (unpaired) electrons. The Morgan fingerprint density at radius 1 is 1.38 bits per heavy atom. The smallest absolute Gasteiger partial charge is 0.358 e. The third kappa shape index (κ3) is 2.48. The zero-order chi connectivity index (χ0) is 14.8. The Labute approximate surface area is 119 Å². The Balaban J connectivity index is 1.95. The first-order chi connectivity index (χ1) is 10.2. The van der Waals surface area contributed by atoms with Gasteiger partial charge in [-0.25, -0.2) is 14.5 Å². The van der Waals surface area contributed by atoms with Gasteiger partial charge in [0, 0.05) is 6.42 Å². The molecule has 0 aliphatic heterocycles. The van der Waals surface area contributed by atoms with Crippen molar-refractivity contribution in [3.63, 3.8) is 0 Å². The van der Waals surface area contributed by atoms with E-state index < -0.39 is 5.97 Å². The summed E-state index contributed by atoms with van der Waals surface area (Å²) in [7, 11) is 0. The fourth-order valence-electron chi connectivity index (χ4n) is 2.23. The molecule has 0 unspecified atom stereocenters. The number of fused-ring (bicyclic) bond motifs is 1. The van der Waals surface area contributed by atoms with Gasteiger partial charge in [0.1, 0.15) is 12.4 Å².